The summed E-state index contributed by atoms with van der Waals surface area (Å²) in [5.41, 5.74) is 0. The van der Waals surface area contributed by atoms with Crippen molar-refractivity contribution in [3.8, 4) is 0 Å². The van der Waals surface area contributed by atoms with Crippen LogP contribution in [0, 0.1) is 0 Å². The van der Waals surface area contributed by atoms with Crippen LogP contribution in [0.5, 0.6) is 0 Å². The van der Waals surface area contributed by atoms with E-state index in [2.05, 4.69) is 0 Å². The SMILES string of the molecule is CC(C)N1CCC(F)(F)CC1C(F)(F)F. The van der Waals surface area contributed by atoms with Crippen LogP contribution in [0.3, 0.4) is 0 Å². The molecule has 0 aromatic heterocycles. The molecule has 1 fully saturated rings. The quantitative estimate of drug-likeness (QED) is 0.627. The van der Waals surface area contributed by atoms with Crippen LogP contribution in [-0.2, 0) is 0 Å². The van der Waals surface area contributed by atoms with Crippen molar-refractivity contribution >= 4 is 0 Å². The molecule has 1 unspecified atom stereocenters. The molecule has 1 rings (SSSR count). The second-order valence-corrected chi connectivity index (χ2v) is 4.20. The summed E-state index contributed by atoms with van der Waals surface area (Å²) in [6.07, 6.45) is -6.18. The highest BCUT2D eigenvalue weighted by Gasteiger charge is 2.52. The molecule has 0 spiro atoms. The molecule has 0 aliphatic carbocycles. The zero-order valence-electron chi connectivity index (χ0n) is 8.61. The van der Waals surface area contributed by atoms with E-state index < -0.39 is 31.0 Å². The van der Waals surface area contributed by atoms with Gasteiger partial charge in [0.25, 0.3) is 5.92 Å². The van der Waals surface area contributed by atoms with E-state index in [9.17, 15) is 22.0 Å². The maximum atomic E-state index is 12.9. The fourth-order valence-electron chi connectivity index (χ4n) is 1.87. The summed E-state index contributed by atoms with van der Waals surface area (Å²) in [4.78, 5) is 1.09. The predicted octanol–water partition coefficient (Wildman–Crippen LogP) is 3.06. The molecule has 0 bridgehead atoms. The molecule has 1 saturated heterocycles. The van der Waals surface area contributed by atoms with E-state index in [-0.39, 0.29) is 12.6 Å². The molecule has 1 heterocycles. The van der Waals surface area contributed by atoms with Crippen molar-refractivity contribution in [1.82, 2.24) is 4.90 Å². The molecular formula is C9H14F5N. The molecule has 15 heavy (non-hydrogen) atoms. The van der Waals surface area contributed by atoms with Crippen molar-refractivity contribution in [2.24, 2.45) is 0 Å². The van der Waals surface area contributed by atoms with Crippen molar-refractivity contribution in [1.29, 1.82) is 0 Å². The average molecular weight is 231 g/mol. The van der Waals surface area contributed by atoms with Crippen molar-refractivity contribution < 1.29 is 22.0 Å². The molecule has 6 heteroatoms. The first kappa shape index (κ1) is 12.7. The Morgan fingerprint density at radius 3 is 2.20 bits per heavy atom. The van der Waals surface area contributed by atoms with E-state index in [1.807, 2.05) is 0 Å². The largest absolute Gasteiger partial charge is 0.404 e. The second-order valence-electron chi connectivity index (χ2n) is 4.20. The summed E-state index contributed by atoms with van der Waals surface area (Å²) >= 11 is 0. The average Bonchev–Trinajstić information content (AvgIpc) is 2.00. The molecular weight excluding hydrogens is 217 g/mol. The van der Waals surface area contributed by atoms with Gasteiger partial charge in [-0.25, -0.2) is 8.78 Å². The van der Waals surface area contributed by atoms with Crippen LogP contribution in [0.2, 0.25) is 0 Å². The van der Waals surface area contributed by atoms with Crippen molar-refractivity contribution in [3.63, 3.8) is 0 Å². The van der Waals surface area contributed by atoms with E-state index in [0.717, 1.165) is 4.90 Å². The maximum absolute atomic E-state index is 12.9. The Balaban J connectivity index is 2.84. The van der Waals surface area contributed by atoms with Crippen molar-refractivity contribution in [3.05, 3.63) is 0 Å². The Morgan fingerprint density at radius 2 is 1.80 bits per heavy atom. The molecule has 0 saturated carbocycles. The minimum absolute atomic E-state index is 0.200. The van der Waals surface area contributed by atoms with Gasteiger partial charge in [0, 0.05) is 25.4 Å². The molecule has 0 aromatic carbocycles. The summed E-state index contributed by atoms with van der Waals surface area (Å²) in [5.74, 6) is -3.19. The first-order valence-corrected chi connectivity index (χ1v) is 4.84. The number of rotatable bonds is 1. The topological polar surface area (TPSA) is 3.24 Å². The highest BCUT2D eigenvalue weighted by Crippen LogP contribution is 2.39. The Bertz CT molecular complexity index is 223. The van der Waals surface area contributed by atoms with E-state index in [1.165, 1.54) is 0 Å². The Hall–Kier alpha value is -0.390. The number of alkyl halides is 5. The van der Waals surface area contributed by atoms with Crippen LogP contribution in [-0.4, -0.2) is 35.6 Å². The number of hydrogen-bond acceptors (Lipinski definition) is 1. The molecule has 0 N–H and O–H groups in total. The zero-order valence-corrected chi connectivity index (χ0v) is 8.61. The predicted molar refractivity (Wildman–Crippen MR) is 45.9 cm³/mol. The van der Waals surface area contributed by atoms with Gasteiger partial charge in [0.15, 0.2) is 0 Å². The first-order chi connectivity index (χ1) is 6.63. The second kappa shape index (κ2) is 3.88. The third kappa shape index (κ3) is 3.03. The van der Waals surface area contributed by atoms with Crippen LogP contribution in [0.1, 0.15) is 26.7 Å². The molecule has 90 valence electrons. The van der Waals surface area contributed by atoms with E-state index in [1.54, 1.807) is 13.8 Å². The maximum Gasteiger partial charge on any atom is 0.404 e. The lowest BCUT2D eigenvalue weighted by molar-refractivity contribution is -0.223. The zero-order chi connectivity index (χ0) is 11.9. The summed E-state index contributed by atoms with van der Waals surface area (Å²) < 4.78 is 63.4. The highest BCUT2D eigenvalue weighted by molar-refractivity contribution is 4.91. The van der Waals surface area contributed by atoms with Gasteiger partial charge in [0.05, 0.1) is 0 Å². The lowest BCUT2D eigenvalue weighted by Gasteiger charge is -2.42. The van der Waals surface area contributed by atoms with Gasteiger partial charge in [0.2, 0.25) is 0 Å². The van der Waals surface area contributed by atoms with Gasteiger partial charge < -0.3 is 0 Å². The summed E-state index contributed by atoms with van der Waals surface area (Å²) in [6.45, 7) is 2.97. The van der Waals surface area contributed by atoms with Gasteiger partial charge in [0.1, 0.15) is 6.04 Å². The Labute approximate surface area is 85.2 Å². The number of nitrogens with zero attached hydrogens (tertiary/aromatic N) is 1. The third-order valence-electron chi connectivity index (χ3n) is 2.67. The summed E-state index contributed by atoms with van der Waals surface area (Å²) in [7, 11) is 0. The molecule has 0 radical (unpaired) electrons. The van der Waals surface area contributed by atoms with Crippen LogP contribution < -0.4 is 0 Å². The van der Waals surface area contributed by atoms with Crippen molar-refractivity contribution in [2.45, 2.75) is 50.9 Å². The molecule has 1 nitrogen and oxygen atoms in total. The van der Waals surface area contributed by atoms with Crippen LogP contribution in [0.25, 0.3) is 0 Å². The molecule has 1 atom stereocenters. The van der Waals surface area contributed by atoms with Gasteiger partial charge >= 0.3 is 6.18 Å². The van der Waals surface area contributed by atoms with E-state index >= 15 is 0 Å². The molecule has 1 aliphatic rings. The Kier molecular flexibility index (Phi) is 3.28. The summed E-state index contributed by atoms with van der Waals surface area (Å²) in [6, 6.07) is -2.38. The van der Waals surface area contributed by atoms with Crippen molar-refractivity contribution in [2.75, 3.05) is 6.54 Å². The monoisotopic (exact) mass is 231 g/mol. The standard InChI is InChI=1S/C9H14F5N/c1-6(2)15-4-3-8(10,11)5-7(15)9(12,13)14/h6-7H,3-5H2,1-2H3. The fraction of sp³-hybridized carbons (Fsp3) is 1.00. The Morgan fingerprint density at radius 1 is 1.27 bits per heavy atom. The van der Waals surface area contributed by atoms with E-state index in [4.69, 9.17) is 0 Å². The molecule has 0 amide bonds. The fourth-order valence-corrected chi connectivity index (χ4v) is 1.87. The van der Waals surface area contributed by atoms with Gasteiger partial charge in [-0.1, -0.05) is 0 Å². The van der Waals surface area contributed by atoms with Crippen LogP contribution in [0.4, 0.5) is 22.0 Å². The lowest BCUT2D eigenvalue weighted by atomic mass is 9.96. The number of likely N-dealkylation sites (tertiary alicyclic amines) is 1. The highest BCUT2D eigenvalue weighted by atomic mass is 19.4. The van der Waals surface area contributed by atoms with Gasteiger partial charge in [-0.15, -0.1) is 0 Å². The summed E-state index contributed by atoms with van der Waals surface area (Å²) in [5, 5.41) is 0. The lowest BCUT2D eigenvalue weighted by Crippen LogP contribution is -2.56. The molecule has 0 aromatic rings. The third-order valence-corrected chi connectivity index (χ3v) is 2.67. The molecule has 1 aliphatic heterocycles. The first-order valence-electron chi connectivity index (χ1n) is 4.84. The van der Waals surface area contributed by atoms with Gasteiger partial charge in [-0.3, -0.25) is 4.90 Å². The van der Waals surface area contributed by atoms with Crippen LogP contribution in [0.15, 0.2) is 0 Å². The number of hydrogen-bond donors (Lipinski definition) is 0. The minimum atomic E-state index is -4.58. The minimum Gasteiger partial charge on any atom is -0.289 e. The smallest absolute Gasteiger partial charge is 0.289 e. The number of piperidine rings is 1. The number of halogens is 5. The van der Waals surface area contributed by atoms with Crippen LogP contribution >= 0.6 is 0 Å². The van der Waals surface area contributed by atoms with Gasteiger partial charge in [-0.2, -0.15) is 13.2 Å². The normalized spacial score (nSPS) is 28.4. The van der Waals surface area contributed by atoms with Gasteiger partial charge in [-0.05, 0) is 13.8 Å². The van der Waals surface area contributed by atoms with E-state index in [0.29, 0.717) is 0 Å².